The fourth-order valence-corrected chi connectivity index (χ4v) is 2.39. The Hall–Kier alpha value is -3.50. The second-order valence-electron chi connectivity index (χ2n) is 6.22. The van der Waals surface area contributed by atoms with Crippen LogP contribution in [0.3, 0.4) is 0 Å². The largest absolute Gasteiger partial charge is 0.480 e. The van der Waals surface area contributed by atoms with Gasteiger partial charge in [-0.25, -0.2) is 4.98 Å². The molecule has 0 spiro atoms. The number of rotatable bonds is 6. The SMILES string of the molecule is COc1ncccc1-c1nc(Nc2ccnc(C(F)(F)F)c2)nc(NC(C)C)n1. The van der Waals surface area contributed by atoms with Gasteiger partial charge < -0.3 is 15.4 Å². The Morgan fingerprint density at radius 2 is 1.76 bits per heavy atom. The molecule has 0 aliphatic carbocycles. The maximum atomic E-state index is 12.9. The summed E-state index contributed by atoms with van der Waals surface area (Å²) in [4.78, 5) is 20.4. The van der Waals surface area contributed by atoms with E-state index in [4.69, 9.17) is 4.74 Å². The summed E-state index contributed by atoms with van der Waals surface area (Å²) in [7, 11) is 1.47. The van der Waals surface area contributed by atoms with Crippen molar-refractivity contribution in [2.75, 3.05) is 17.7 Å². The molecule has 152 valence electrons. The average molecular weight is 405 g/mol. The van der Waals surface area contributed by atoms with Crippen LogP contribution in [0.4, 0.5) is 30.8 Å². The Bertz CT molecular complexity index is 995. The number of pyridine rings is 2. The molecule has 3 heterocycles. The first kappa shape index (κ1) is 20.2. The number of halogens is 3. The van der Waals surface area contributed by atoms with Gasteiger partial charge in [0.25, 0.3) is 0 Å². The fraction of sp³-hybridized carbons (Fsp3) is 0.278. The lowest BCUT2D eigenvalue weighted by molar-refractivity contribution is -0.141. The van der Waals surface area contributed by atoms with Gasteiger partial charge in [-0.3, -0.25) is 4.98 Å². The monoisotopic (exact) mass is 405 g/mol. The van der Waals surface area contributed by atoms with Crippen LogP contribution in [0.5, 0.6) is 5.88 Å². The van der Waals surface area contributed by atoms with Crippen molar-refractivity contribution in [3.63, 3.8) is 0 Å². The summed E-state index contributed by atoms with van der Waals surface area (Å²) in [5.74, 6) is 0.871. The number of nitrogens with zero attached hydrogens (tertiary/aromatic N) is 5. The number of hydrogen-bond acceptors (Lipinski definition) is 8. The summed E-state index contributed by atoms with van der Waals surface area (Å²) in [6.45, 7) is 3.80. The van der Waals surface area contributed by atoms with Crippen LogP contribution in [-0.2, 0) is 6.18 Å². The van der Waals surface area contributed by atoms with Gasteiger partial charge in [0.2, 0.25) is 17.8 Å². The third-order valence-corrected chi connectivity index (χ3v) is 3.57. The van der Waals surface area contributed by atoms with Gasteiger partial charge in [0.05, 0.1) is 12.7 Å². The highest BCUT2D eigenvalue weighted by Crippen LogP contribution is 2.30. The van der Waals surface area contributed by atoms with E-state index in [0.717, 1.165) is 12.3 Å². The number of aromatic nitrogens is 5. The van der Waals surface area contributed by atoms with Crippen molar-refractivity contribution >= 4 is 17.6 Å². The number of methoxy groups -OCH3 is 1. The second-order valence-corrected chi connectivity index (χ2v) is 6.22. The van der Waals surface area contributed by atoms with Gasteiger partial charge in [0.1, 0.15) is 5.69 Å². The predicted octanol–water partition coefficient (Wildman–Crippen LogP) is 3.92. The normalized spacial score (nSPS) is 11.4. The summed E-state index contributed by atoms with van der Waals surface area (Å²) in [5, 5.41) is 5.83. The topological polar surface area (TPSA) is 97.7 Å². The highest BCUT2D eigenvalue weighted by atomic mass is 19.4. The number of alkyl halides is 3. The molecule has 11 heteroatoms. The lowest BCUT2D eigenvalue weighted by Gasteiger charge is -2.13. The molecule has 0 aromatic carbocycles. The number of nitrogens with one attached hydrogen (secondary N) is 2. The zero-order chi connectivity index (χ0) is 21.0. The summed E-state index contributed by atoms with van der Waals surface area (Å²) >= 11 is 0. The van der Waals surface area contributed by atoms with Crippen molar-refractivity contribution in [1.82, 2.24) is 24.9 Å². The van der Waals surface area contributed by atoms with Gasteiger partial charge in [-0.1, -0.05) is 0 Å². The van der Waals surface area contributed by atoms with E-state index in [2.05, 4.69) is 35.6 Å². The van der Waals surface area contributed by atoms with Gasteiger partial charge in [-0.15, -0.1) is 0 Å². The molecule has 3 rings (SSSR count). The van der Waals surface area contributed by atoms with E-state index in [1.807, 2.05) is 13.8 Å². The molecule has 0 bridgehead atoms. The van der Waals surface area contributed by atoms with Crippen LogP contribution < -0.4 is 15.4 Å². The van der Waals surface area contributed by atoms with E-state index >= 15 is 0 Å². The summed E-state index contributed by atoms with van der Waals surface area (Å²) < 4.78 is 44.0. The Morgan fingerprint density at radius 3 is 2.45 bits per heavy atom. The lowest BCUT2D eigenvalue weighted by Crippen LogP contribution is -2.15. The number of anilines is 3. The molecule has 3 aromatic rings. The van der Waals surface area contributed by atoms with E-state index in [1.165, 1.54) is 13.2 Å². The first-order valence-electron chi connectivity index (χ1n) is 8.58. The van der Waals surface area contributed by atoms with Crippen molar-refractivity contribution in [2.24, 2.45) is 0 Å². The van der Waals surface area contributed by atoms with Gasteiger partial charge in [0.15, 0.2) is 5.82 Å². The molecule has 0 unspecified atom stereocenters. The summed E-state index contributed by atoms with van der Waals surface area (Å²) in [6, 6.07) is 5.70. The maximum absolute atomic E-state index is 12.9. The van der Waals surface area contributed by atoms with Crippen LogP contribution >= 0.6 is 0 Å². The Balaban J connectivity index is 2.02. The van der Waals surface area contributed by atoms with Crippen molar-refractivity contribution in [3.05, 3.63) is 42.4 Å². The number of ether oxygens (including phenoxy) is 1. The van der Waals surface area contributed by atoms with Gasteiger partial charge in [-0.05, 0) is 38.1 Å². The zero-order valence-corrected chi connectivity index (χ0v) is 15.8. The highest BCUT2D eigenvalue weighted by Gasteiger charge is 2.32. The third-order valence-electron chi connectivity index (χ3n) is 3.57. The minimum atomic E-state index is -4.56. The minimum Gasteiger partial charge on any atom is -0.480 e. The molecule has 0 amide bonds. The van der Waals surface area contributed by atoms with Gasteiger partial charge >= 0.3 is 6.18 Å². The molecule has 0 radical (unpaired) electrons. The third kappa shape index (κ3) is 5.06. The summed E-state index contributed by atoms with van der Waals surface area (Å²) in [6.07, 6.45) is -1.94. The molecular weight excluding hydrogens is 387 g/mol. The molecule has 0 saturated heterocycles. The standard InChI is InChI=1S/C18H18F3N7O/c1-10(2)24-16-26-14(12-5-4-7-23-15(12)29-3)27-17(28-16)25-11-6-8-22-13(9-11)18(19,20)21/h4-10H,1-3H3,(H2,22,24,25,26,27,28). The molecule has 0 atom stereocenters. The van der Waals surface area contributed by atoms with E-state index in [0.29, 0.717) is 11.4 Å². The molecule has 29 heavy (non-hydrogen) atoms. The van der Waals surface area contributed by atoms with Crippen LogP contribution in [0.25, 0.3) is 11.4 Å². The molecule has 2 N–H and O–H groups in total. The first-order chi connectivity index (χ1) is 13.8. The molecular formula is C18H18F3N7O. The Labute approximate surface area is 164 Å². The fourth-order valence-electron chi connectivity index (χ4n) is 2.39. The highest BCUT2D eigenvalue weighted by molar-refractivity contribution is 5.65. The second kappa shape index (κ2) is 8.25. The van der Waals surface area contributed by atoms with Gasteiger partial charge in [-0.2, -0.15) is 28.1 Å². The average Bonchev–Trinajstić information content (AvgIpc) is 2.67. The van der Waals surface area contributed by atoms with Crippen LogP contribution in [0.2, 0.25) is 0 Å². The summed E-state index contributed by atoms with van der Waals surface area (Å²) in [5.41, 5.74) is -0.373. The van der Waals surface area contributed by atoms with E-state index in [-0.39, 0.29) is 29.5 Å². The molecule has 0 saturated carbocycles. The van der Waals surface area contributed by atoms with E-state index < -0.39 is 11.9 Å². The van der Waals surface area contributed by atoms with Crippen molar-refractivity contribution < 1.29 is 17.9 Å². The molecule has 8 nitrogen and oxygen atoms in total. The predicted molar refractivity (Wildman–Crippen MR) is 101 cm³/mol. The quantitative estimate of drug-likeness (QED) is 0.637. The molecule has 3 aromatic heterocycles. The van der Waals surface area contributed by atoms with E-state index in [1.54, 1.807) is 18.3 Å². The number of hydrogen-bond donors (Lipinski definition) is 2. The first-order valence-corrected chi connectivity index (χ1v) is 8.58. The molecule has 0 aliphatic rings. The van der Waals surface area contributed by atoms with E-state index in [9.17, 15) is 13.2 Å². The Morgan fingerprint density at radius 1 is 1.00 bits per heavy atom. The van der Waals surface area contributed by atoms with Crippen LogP contribution in [0.1, 0.15) is 19.5 Å². The van der Waals surface area contributed by atoms with Crippen molar-refractivity contribution in [1.29, 1.82) is 0 Å². The molecule has 0 fully saturated rings. The zero-order valence-electron chi connectivity index (χ0n) is 15.8. The van der Waals surface area contributed by atoms with Crippen LogP contribution in [-0.4, -0.2) is 38.1 Å². The molecule has 0 aliphatic heterocycles. The van der Waals surface area contributed by atoms with Gasteiger partial charge in [0, 0.05) is 24.1 Å². The van der Waals surface area contributed by atoms with Crippen molar-refractivity contribution in [3.8, 4) is 17.3 Å². The smallest absolute Gasteiger partial charge is 0.433 e. The van der Waals surface area contributed by atoms with Crippen LogP contribution in [0.15, 0.2) is 36.7 Å². The Kier molecular flexibility index (Phi) is 5.76. The lowest BCUT2D eigenvalue weighted by atomic mass is 10.2. The minimum absolute atomic E-state index is 0.0200. The van der Waals surface area contributed by atoms with Crippen molar-refractivity contribution in [2.45, 2.75) is 26.1 Å². The van der Waals surface area contributed by atoms with Crippen LogP contribution in [0, 0.1) is 0 Å². The maximum Gasteiger partial charge on any atom is 0.433 e.